The molecule has 0 saturated heterocycles. The van der Waals surface area contributed by atoms with Crippen LogP contribution < -0.4 is 10.9 Å². The van der Waals surface area contributed by atoms with Gasteiger partial charge in [-0.3, -0.25) is 4.79 Å². The van der Waals surface area contributed by atoms with Gasteiger partial charge in [0.1, 0.15) is 5.82 Å². The smallest absolute Gasteiger partial charge is 0.251 e. The first-order valence-electron chi connectivity index (χ1n) is 7.32. The molecule has 4 heteroatoms. The lowest BCUT2D eigenvalue weighted by Gasteiger charge is -2.07. The average Bonchev–Trinajstić information content (AvgIpc) is 2.97. The Morgan fingerprint density at radius 2 is 1.95 bits per heavy atom. The van der Waals surface area contributed by atoms with Crippen LogP contribution in [0.25, 0.3) is 10.9 Å². The summed E-state index contributed by atoms with van der Waals surface area (Å²) in [6.07, 6.45) is 0.435. The minimum absolute atomic E-state index is 0.113. The number of pyridine rings is 1. The fraction of sp³-hybridized carbons (Fsp3) is 0.167. The molecule has 1 aromatic heterocycles. The monoisotopic (exact) mass is 294 g/mol. The van der Waals surface area contributed by atoms with Crippen molar-refractivity contribution in [2.45, 2.75) is 19.5 Å². The average molecular weight is 294 g/mol. The van der Waals surface area contributed by atoms with E-state index in [1.54, 1.807) is 6.07 Å². The van der Waals surface area contributed by atoms with Crippen LogP contribution in [0.2, 0.25) is 0 Å². The maximum Gasteiger partial charge on any atom is 0.251 e. The van der Waals surface area contributed by atoms with Crippen LogP contribution in [0.1, 0.15) is 22.3 Å². The summed E-state index contributed by atoms with van der Waals surface area (Å²) in [6, 6.07) is 13.1. The van der Waals surface area contributed by atoms with Crippen molar-refractivity contribution < 1.29 is 4.39 Å². The van der Waals surface area contributed by atoms with Crippen molar-refractivity contribution in [2.24, 2.45) is 0 Å². The third kappa shape index (κ3) is 2.22. The van der Waals surface area contributed by atoms with Crippen molar-refractivity contribution in [1.29, 1.82) is 0 Å². The molecule has 0 radical (unpaired) electrons. The molecule has 0 fully saturated rings. The molecule has 110 valence electrons. The van der Waals surface area contributed by atoms with Gasteiger partial charge in [-0.05, 0) is 34.7 Å². The predicted molar refractivity (Wildman–Crippen MR) is 84.3 cm³/mol. The molecule has 0 bridgehead atoms. The number of hydrogen-bond acceptors (Lipinski definition) is 2. The van der Waals surface area contributed by atoms with Crippen molar-refractivity contribution >= 4 is 10.9 Å². The molecule has 0 spiro atoms. The van der Waals surface area contributed by atoms with Crippen molar-refractivity contribution in [1.82, 2.24) is 10.3 Å². The summed E-state index contributed by atoms with van der Waals surface area (Å²) in [7, 11) is 0. The molecule has 0 saturated carbocycles. The molecule has 3 nitrogen and oxygen atoms in total. The lowest BCUT2D eigenvalue weighted by Crippen LogP contribution is -2.13. The minimum Gasteiger partial charge on any atom is -0.322 e. The Morgan fingerprint density at radius 3 is 2.86 bits per heavy atom. The molecule has 2 aromatic carbocycles. The van der Waals surface area contributed by atoms with Crippen LogP contribution >= 0.6 is 0 Å². The van der Waals surface area contributed by atoms with E-state index < -0.39 is 0 Å². The van der Waals surface area contributed by atoms with Crippen LogP contribution in [0, 0.1) is 5.82 Å². The van der Waals surface area contributed by atoms with Gasteiger partial charge < -0.3 is 10.3 Å². The highest BCUT2D eigenvalue weighted by Gasteiger charge is 2.16. The summed E-state index contributed by atoms with van der Waals surface area (Å²) in [4.78, 5) is 15.1. The van der Waals surface area contributed by atoms with Gasteiger partial charge in [0.2, 0.25) is 0 Å². The Hall–Kier alpha value is -2.46. The first kappa shape index (κ1) is 13.2. The number of benzene rings is 2. The van der Waals surface area contributed by atoms with E-state index in [1.807, 2.05) is 36.4 Å². The number of H-pyrrole nitrogens is 1. The van der Waals surface area contributed by atoms with E-state index >= 15 is 0 Å². The highest BCUT2D eigenvalue weighted by Crippen LogP contribution is 2.22. The second kappa shape index (κ2) is 5.07. The molecule has 0 amide bonds. The van der Waals surface area contributed by atoms with Gasteiger partial charge in [-0.15, -0.1) is 0 Å². The van der Waals surface area contributed by atoms with Crippen molar-refractivity contribution in [3.63, 3.8) is 0 Å². The summed E-state index contributed by atoms with van der Waals surface area (Å²) in [5.41, 5.74) is 3.94. The Labute approximate surface area is 126 Å². The summed E-state index contributed by atoms with van der Waals surface area (Å²) < 4.78 is 14.1. The predicted octanol–water partition coefficient (Wildman–Crippen LogP) is 2.86. The Morgan fingerprint density at radius 1 is 1.09 bits per heavy atom. The zero-order chi connectivity index (χ0) is 15.1. The van der Waals surface area contributed by atoms with Gasteiger partial charge in [-0.25, -0.2) is 4.39 Å². The van der Waals surface area contributed by atoms with E-state index in [0.29, 0.717) is 25.1 Å². The number of fused-ring (bicyclic) bond motifs is 2. The lowest BCUT2D eigenvalue weighted by molar-refractivity contribution is 0.606. The number of aromatic amines is 1. The molecule has 1 aliphatic heterocycles. The van der Waals surface area contributed by atoms with E-state index in [1.165, 1.54) is 0 Å². The molecule has 0 aliphatic carbocycles. The van der Waals surface area contributed by atoms with Crippen LogP contribution in [0.3, 0.4) is 0 Å². The summed E-state index contributed by atoms with van der Waals surface area (Å²) in [6.45, 7) is 1.27. The molecule has 2 heterocycles. The lowest BCUT2D eigenvalue weighted by atomic mass is 10.00. The van der Waals surface area contributed by atoms with Gasteiger partial charge in [0, 0.05) is 36.2 Å². The number of nitrogens with one attached hydrogen (secondary N) is 2. The van der Waals surface area contributed by atoms with Crippen molar-refractivity contribution in [2.75, 3.05) is 0 Å². The molecule has 1 aliphatic rings. The first-order chi connectivity index (χ1) is 10.7. The number of para-hydroxylation sites is 1. The highest BCUT2D eigenvalue weighted by molar-refractivity contribution is 5.78. The largest absolute Gasteiger partial charge is 0.322 e. The van der Waals surface area contributed by atoms with E-state index in [4.69, 9.17) is 0 Å². The maximum atomic E-state index is 14.1. The third-order valence-electron chi connectivity index (χ3n) is 4.19. The van der Waals surface area contributed by atoms with Gasteiger partial charge >= 0.3 is 0 Å². The Bertz CT molecular complexity index is 930. The zero-order valence-corrected chi connectivity index (χ0v) is 11.9. The normalized spacial score (nSPS) is 13.5. The van der Waals surface area contributed by atoms with E-state index in [9.17, 15) is 9.18 Å². The summed E-state index contributed by atoms with van der Waals surface area (Å²) >= 11 is 0. The van der Waals surface area contributed by atoms with Crippen LogP contribution in [-0.2, 0) is 19.5 Å². The van der Waals surface area contributed by atoms with Crippen LogP contribution in [0.4, 0.5) is 4.39 Å². The zero-order valence-electron chi connectivity index (χ0n) is 11.9. The summed E-state index contributed by atoms with van der Waals surface area (Å²) in [5, 5.41) is 4.13. The fourth-order valence-electron chi connectivity index (χ4n) is 3.08. The number of halogens is 1. The molecule has 3 aromatic rings. The molecule has 22 heavy (non-hydrogen) atoms. The van der Waals surface area contributed by atoms with Gasteiger partial charge in [0.15, 0.2) is 0 Å². The molecular weight excluding hydrogens is 279 g/mol. The van der Waals surface area contributed by atoms with Gasteiger partial charge in [0.05, 0.1) is 0 Å². The fourth-order valence-corrected chi connectivity index (χ4v) is 3.08. The maximum absolute atomic E-state index is 14.1. The number of aromatic nitrogens is 1. The summed E-state index contributed by atoms with van der Waals surface area (Å²) in [5.74, 6) is -0.185. The third-order valence-corrected chi connectivity index (χ3v) is 4.19. The SMILES string of the molecule is O=c1[nH]c2ccccc2cc1Cc1cc(F)c2c(c1)CNC2. The minimum atomic E-state index is -0.185. The van der Waals surface area contributed by atoms with Crippen molar-refractivity contribution in [3.8, 4) is 0 Å². The van der Waals surface area contributed by atoms with E-state index in [2.05, 4.69) is 10.3 Å². The van der Waals surface area contributed by atoms with Gasteiger partial charge in [0.25, 0.3) is 5.56 Å². The molecule has 4 rings (SSSR count). The standard InChI is InChI=1S/C18H15FN2O/c19-16-7-11(6-14-9-20-10-15(14)16)5-13-8-12-3-1-2-4-17(12)21-18(13)22/h1-4,6-8,20H,5,9-10H2,(H,21,22). The highest BCUT2D eigenvalue weighted by atomic mass is 19.1. The van der Waals surface area contributed by atoms with E-state index in [-0.39, 0.29) is 11.4 Å². The molecular formula is C18H15FN2O. The van der Waals surface area contributed by atoms with Crippen LogP contribution in [-0.4, -0.2) is 4.98 Å². The van der Waals surface area contributed by atoms with Crippen LogP contribution in [0.5, 0.6) is 0 Å². The molecule has 2 N–H and O–H groups in total. The quantitative estimate of drug-likeness (QED) is 0.763. The molecule has 0 unspecified atom stereocenters. The van der Waals surface area contributed by atoms with Gasteiger partial charge in [-0.1, -0.05) is 24.3 Å². The van der Waals surface area contributed by atoms with E-state index in [0.717, 1.165) is 27.6 Å². The van der Waals surface area contributed by atoms with Crippen molar-refractivity contribution in [3.05, 3.63) is 80.9 Å². The second-order valence-electron chi connectivity index (χ2n) is 5.71. The number of hydrogen-bond donors (Lipinski definition) is 2. The topological polar surface area (TPSA) is 44.9 Å². The Kier molecular flexibility index (Phi) is 3.05. The number of rotatable bonds is 2. The first-order valence-corrected chi connectivity index (χ1v) is 7.32. The molecule has 0 atom stereocenters. The van der Waals surface area contributed by atoms with Crippen LogP contribution in [0.15, 0.2) is 47.3 Å². The Balaban J connectivity index is 1.76. The second-order valence-corrected chi connectivity index (χ2v) is 5.71. The van der Waals surface area contributed by atoms with Gasteiger partial charge in [-0.2, -0.15) is 0 Å².